The first kappa shape index (κ1) is 15.3. The fourth-order valence-electron chi connectivity index (χ4n) is 2.39. The third kappa shape index (κ3) is 3.72. The maximum absolute atomic E-state index is 11.7. The topological polar surface area (TPSA) is 84.7 Å². The second-order valence-electron chi connectivity index (χ2n) is 5.05. The van der Waals surface area contributed by atoms with Gasteiger partial charge in [0.15, 0.2) is 6.10 Å². The molecule has 0 aromatic heterocycles. The van der Waals surface area contributed by atoms with Crippen molar-refractivity contribution in [2.45, 2.75) is 38.7 Å². The number of carbonyl (C=O) groups is 2. The summed E-state index contributed by atoms with van der Waals surface area (Å²) in [4.78, 5) is 25.1. The summed E-state index contributed by atoms with van der Waals surface area (Å²) in [6.45, 7) is 2.73. The van der Waals surface area contributed by atoms with Crippen molar-refractivity contribution in [2.24, 2.45) is 5.84 Å². The summed E-state index contributed by atoms with van der Waals surface area (Å²) in [5.74, 6) is 5.56. The first-order chi connectivity index (χ1) is 10.2. The van der Waals surface area contributed by atoms with E-state index in [2.05, 4.69) is 5.43 Å². The Labute approximate surface area is 124 Å². The Balaban J connectivity index is 2.04. The fourth-order valence-corrected chi connectivity index (χ4v) is 2.39. The number of nitrogens with one attached hydrogen (secondary N) is 1. The van der Waals surface area contributed by atoms with Gasteiger partial charge in [0, 0.05) is 18.7 Å². The lowest BCUT2D eigenvalue weighted by atomic mass is 10.2. The van der Waals surface area contributed by atoms with Crippen LogP contribution in [-0.4, -0.2) is 24.5 Å². The van der Waals surface area contributed by atoms with Gasteiger partial charge in [-0.05, 0) is 37.1 Å². The molecule has 1 saturated heterocycles. The van der Waals surface area contributed by atoms with Gasteiger partial charge in [-0.2, -0.15) is 0 Å². The van der Waals surface area contributed by atoms with Crippen LogP contribution < -0.4 is 20.9 Å². The minimum atomic E-state index is -0.598. The second-order valence-corrected chi connectivity index (χ2v) is 5.05. The van der Waals surface area contributed by atoms with Crippen LogP contribution in [0.5, 0.6) is 5.75 Å². The van der Waals surface area contributed by atoms with E-state index in [9.17, 15) is 9.59 Å². The van der Waals surface area contributed by atoms with E-state index in [1.807, 2.05) is 19.1 Å². The van der Waals surface area contributed by atoms with Crippen molar-refractivity contribution in [3.8, 4) is 5.75 Å². The molecule has 1 aromatic rings. The first-order valence-electron chi connectivity index (χ1n) is 7.23. The van der Waals surface area contributed by atoms with Gasteiger partial charge in [0.2, 0.25) is 5.91 Å². The number of amides is 2. The van der Waals surface area contributed by atoms with Gasteiger partial charge in [-0.3, -0.25) is 15.0 Å². The molecule has 1 atom stereocenters. The third-order valence-corrected chi connectivity index (χ3v) is 3.49. The highest BCUT2D eigenvalue weighted by molar-refractivity contribution is 5.95. The molecule has 1 unspecified atom stereocenters. The van der Waals surface area contributed by atoms with Crippen molar-refractivity contribution in [3.63, 3.8) is 0 Å². The predicted octanol–water partition coefficient (Wildman–Crippen LogP) is 1.35. The molecule has 0 bridgehead atoms. The lowest BCUT2D eigenvalue weighted by Gasteiger charge is -2.19. The molecule has 114 valence electrons. The van der Waals surface area contributed by atoms with E-state index in [0.717, 1.165) is 25.1 Å². The Kier molecular flexibility index (Phi) is 5.16. The molecule has 6 heteroatoms. The van der Waals surface area contributed by atoms with E-state index >= 15 is 0 Å². The monoisotopic (exact) mass is 291 g/mol. The van der Waals surface area contributed by atoms with Crippen LogP contribution in [0.4, 0.5) is 5.69 Å². The lowest BCUT2D eigenvalue weighted by Crippen LogP contribution is -2.42. The molecule has 1 fully saturated rings. The zero-order valence-electron chi connectivity index (χ0n) is 12.2. The Morgan fingerprint density at radius 2 is 2.14 bits per heavy atom. The Morgan fingerprint density at radius 1 is 1.43 bits per heavy atom. The van der Waals surface area contributed by atoms with Gasteiger partial charge in [-0.15, -0.1) is 0 Å². The maximum Gasteiger partial charge on any atom is 0.274 e. The molecule has 6 nitrogen and oxygen atoms in total. The highest BCUT2D eigenvalue weighted by atomic mass is 16.5. The smallest absolute Gasteiger partial charge is 0.274 e. The van der Waals surface area contributed by atoms with Gasteiger partial charge in [0.05, 0.1) is 0 Å². The number of rotatable bonds is 6. The van der Waals surface area contributed by atoms with E-state index in [1.54, 1.807) is 17.0 Å². The first-order valence-corrected chi connectivity index (χ1v) is 7.23. The molecular formula is C15H21N3O3. The van der Waals surface area contributed by atoms with Crippen LogP contribution >= 0.6 is 0 Å². The minimum Gasteiger partial charge on any atom is -0.481 e. The van der Waals surface area contributed by atoms with Gasteiger partial charge in [0.1, 0.15) is 5.75 Å². The highest BCUT2D eigenvalue weighted by Gasteiger charge is 2.22. The summed E-state index contributed by atoms with van der Waals surface area (Å²) in [6, 6.07) is 7.21. The third-order valence-electron chi connectivity index (χ3n) is 3.49. The average molecular weight is 291 g/mol. The Morgan fingerprint density at radius 3 is 2.67 bits per heavy atom. The van der Waals surface area contributed by atoms with E-state index < -0.39 is 6.10 Å². The number of hydrogen-bond acceptors (Lipinski definition) is 4. The maximum atomic E-state index is 11.7. The molecule has 2 amide bonds. The van der Waals surface area contributed by atoms with Crippen LogP contribution in [0.25, 0.3) is 0 Å². The van der Waals surface area contributed by atoms with Crippen molar-refractivity contribution in [2.75, 3.05) is 11.4 Å². The average Bonchev–Trinajstić information content (AvgIpc) is 2.93. The van der Waals surface area contributed by atoms with Crippen LogP contribution in [0.15, 0.2) is 24.3 Å². The predicted molar refractivity (Wildman–Crippen MR) is 79.7 cm³/mol. The van der Waals surface area contributed by atoms with Crippen molar-refractivity contribution in [1.82, 2.24) is 5.43 Å². The van der Waals surface area contributed by atoms with Gasteiger partial charge in [0.25, 0.3) is 5.91 Å². The largest absolute Gasteiger partial charge is 0.481 e. The zero-order valence-corrected chi connectivity index (χ0v) is 12.2. The van der Waals surface area contributed by atoms with E-state index in [-0.39, 0.29) is 11.8 Å². The van der Waals surface area contributed by atoms with E-state index in [0.29, 0.717) is 18.6 Å². The van der Waals surface area contributed by atoms with Crippen molar-refractivity contribution in [1.29, 1.82) is 0 Å². The molecule has 3 N–H and O–H groups in total. The second kappa shape index (κ2) is 7.08. The molecule has 2 rings (SSSR count). The summed E-state index contributed by atoms with van der Waals surface area (Å²) in [5.41, 5.74) is 2.98. The normalized spacial score (nSPS) is 15.9. The van der Waals surface area contributed by atoms with Crippen molar-refractivity contribution < 1.29 is 14.3 Å². The number of carbonyl (C=O) groups excluding carboxylic acids is 2. The van der Waals surface area contributed by atoms with Crippen LogP contribution in [0.1, 0.15) is 32.6 Å². The number of hydrazine groups is 1. The molecule has 1 aliphatic heterocycles. The zero-order chi connectivity index (χ0) is 15.2. The highest BCUT2D eigenvalue weighted by Crippen LogP contribution is 2.24. The van der Waals surface area contributed by atoms with Gasteiger partial charge >= 0.3 is 0 Å². The van der Waals surface area contributed by atoms with Crippen LogP contribution in [-0.2, 0) is 9.59 Å². The number of nitrogens with two attached hydrogens (primary N) is 1. The summed E-state index contributed by atoms with van der Waals surface area (Å²) in [5, 5.41) is 0. The molecule has 1 heterocycles. The van der Waals surface area contributed by atoms with Crippen molar-refractivity contribution >= 4 is 17.5 Å². The van der Waals surface area contributed by atoms with E-state index in [1.165, 1.54) is 0 Å². The summed E-state index contributed by atoms with van der Waals surface area (Å²) < 4.78 is 5.66. The molecule has 21 heavy (non-hydrogen) atoms. The Bertz CT molecular complexity index is 501. The molecule has 1 aromatic carbocycles. The Hall–Kier alpha value is -2.08. The van der Waals surface area contributed by atoms with Crippen LogP contribution in [0.3, 0.4) is 0 Å². The van der Waals surface area contributed by atoms with Gasteiger partial charge in [-0.25, -0.2) is 5.84 Å². The molecule has 1 aliphatic rings. The van der Waals surface area contributed by atoms with Gasteiger partial charge < -0.3 is 9.64 Å². The van der Waals surface area contributed by atoms with Gasteiger partial charge in [-0.1, -0.05) is 13.3 Å². The molecule has 0 radical (unpaired) electrons. The summed E-state index contributed by atoms with van der Waals surface area (Å²) in [7, 11) is 0. The summed E-state index contributed by atoms with van der Waals surface area (Å²) in [6.07, 6.45) is 2.31. The molecule has 0 spiro atoms. The van der Waals surface area contributed by atoms with Crippen molar-refractivity contribution in [3.05, 3.63) is 24.3 Å². The van der Waals surface area contributed by atoms with Crippen LogP contribution in [0.2, 0.25) is 0 Å². The SMILES string of the molecule is CCCC(Oc1ccc(N2CCCC2=O)cc1)C(=O)NN. The van der Waals surface area contributed by atoms with E-state index in [4.69, 9.17) is 10.6 Å². The number of benzene rings is 1. The quantitative estimate of drug-likeness (QED) is 0.471. The number of ether oxygens (including phenoxy) is 1. The molecule has 0 aliphatic carbocycles. The molecular weight excluding hydrogens is 270 g/mol. The number of anilines is 1. The fraction of sp³-hybridized carbons (Fsp3) is 0.467. The molecule has 0 saturated carbocycles. The minimum absolute atomic E-state index is 0.148. The summed E-state index contributed by atoms with van der Waals surface area (Å²) >= 11 is 0. The lowest BCUT2D eigenvalue weighted by molar-refractivity contribution is -0.128. The number of nitrogens with zero attached hydrogens (tertiary/aromatic N) is 1. The standard InChI is InChI=1S/C15H21N3O3/c1-2-4-13(15(20)17-16)21-12-8-6-11(7-9-12)18-10-3-5-14(18)19/h6-9,13H,2-5,10,16H2,1H3,(H,17,20). The number of hydrogen-bond donors (Lipinski definition) is 2. The van der Waals surface area contributed by atoms with Crippen LogP contribution in [0, 0.1) is 0 Å².